The van der Waals surface area contributed by atoms with E-state index in [1.807, 2.05) is 0 Å². The van der Waals surface area contributed by atoms with Gasteiger partial charge in [0.05, 0.1) is 12.9 Å². The van der Waals surface area contributed by atoms with Gasteiger partial charge in [-0.2, -0.15) is 0 Å². The molecule has 2 heterocycles. The number of ether oxygens (including phenoxy) is 1. The quantitative estimate of drug-likeness (QED) is 0.738. The fourth-order valence-corrected chi connectivity index (χ4v) is 2.32. The van der Waals surface area contributed by atoms with Crippen molar-refractivity contribution in [1.82, 2.24) is 15.1 Å². The van der Waals surface area contributed by atoms with Crippen LogP contribution in [-0.4, -0.2) is 73.9 Å². The molecule has 1 saturated heterocycles. The zero-order valence-corrected chi connectivity index (χ0v) is 12.3. The Balaban J connectivity index is 1.69. The van der Waals surface area contributed by atoms with Gasteiger partial charge in [-0.15, -0.1) is 0 Å². The van der Waals surface area contributed by atoms with Crippen molar-refractivity contribution in [3.63, 3.8) is 0 Å². The number of hydrogen-bond donors (Lipinski definition) is 2. The number of amides is 2. The lowest BCUT2D eigenvalue weighted by Gasteiger charge is -2.35. The van der Waals surface area contributed by atoms with Crippen molar-refractivity contribution in [2.45, 2.75) is 6.10 Å². The van der Waals surface area contributed by atoms with E-state index >= 15 is 0 Å². The maximum atomic E-state index is 11.9. The molecule has 1 aliphatic heterocycles. The molecule has 1 aromatic rings. The molecule has 118 valence electrons. The van der Waals surface area contributed by atoms with E-state index in [9.17, 15) is 9.90 Å². The zero-order chi connectivity index (χ0) is 15.1. The minimum Gasteiger partial charge on any atom is -0.467 e. The Bertz CT molecular complexity index is 416. The smallest absolute Gasteiger partial charge is 0.317 e. The van der Waals surface area contributed by atoms with E-state index in [1.165, 1.54) is 0 Å². The first-order valence-corrected chi connectivity index (χ1v) is 7.16. The van der Waals surface area contributed by atoms with Crippen molar-refractivity contribution in [2.75, 3.05) is 53.0 Å². The average molecular weight is 297 g/mol. The SMILES string of the molecule is COCCNC(=O)N1CCN(CC(O)c2ccco2)CC1. The second-order valence-corrected chi connectivity index (χ2v) is 5.04. The Kier molecular flexibility index (Phi) is 6.04. The Labute approximate surface area is 124 Å². The molecule has 2 N–H and O–H groups in total. The Morgan fingerprint density at radius 3 is 2.86 bits per heavy atom. The van der Waals surface area contributed by atoms with Crippen molar-refractivity contribution < 1.29 is 19.1 Å². The highest BCUT2D eigenvalue weighted by Gasteiger charge is 2.23. The Hall–Kier alpha value is -1.57. The molecule has 1 fully saturated rings. The molecule has 7 nitrogen and oxygen atoms in total. The van der Waals surface area contributed by atoms with Crippen LogP contribution in [0.15, 0.2) is 22.8 Å². The van der Waals surface area contributed by atoms with Crippen LogP contribution in [0.1, 0.15) is 11.9 Å². The number of methoxy groups -OCH3 is 1. The molecule has 0 aliphatic carbocycles. The van der Waals surface area contributed by atoms with Crippen molar-refractivity contribution in [1.29, 1.82) is 0 Å². The van der Waals surface area contributed by atoms with Crippen LogP contribution in [0.2, 0.25) is 0 Å². The number of β-amino-alcohol motifs (C(OH)–C–C–N with tert-alkyl or cyclic N) is 1. The Morgan fingerprint density at radius 1 is 1.48 bits per heavy atom. The molecule has 1 unspecified atom stereocenters. The summed E-state index contributed by atoms with van der Waals surface area (Å²) in [6, 6.07) is 3.48. The summed E-state index contributed by atoms with van der Waals surface area (Å²) in [5.74, 6) is 0.578. The Morgan fingerprint density at radius 2 is 2.24 bits per heavy atom. The third kappa shape index (κ3) is 4.73. The van der Waals surface area contributed by atoms with Crippen molar-refractivity contribution in [2.24, 2.45) is 0 Å². The maximum Gasteiger partial charge on any atom is 0.317 e. The van der Waals surface area contributed by atoms with Gasteiger partial charge < -0.3 is 24.5 Å². The summed E-state index contributed by atoms with van der Waals surface area (Å²) in [7, 11) is 1.61. The highest BCUT2D eigenvalue weighted by Crippen LogP contribution is 2.15. The lowest BCUT2D eigenvalue weighted by molar-refractivity contribution is 0.0689. The normalized spacial score (nSPS) is 17.7. The summed E-state index contributed by atoms with van der Waals surface area (Å²) in [4.78, 5) is 15.8. The van der Waals surface area contributed by atoms with Crippen LogP contribution in [0.4, 0.5) is 4.79 Å². The van der Waals surface area contributed by atoms with Gasteiger partial charge in [0.15, 0.2) is 0 Å². The van der Waals surface area contributed by atoms with Crippen molar-refractivity contribution >= 4 is 6.03 Å². The van der Waals surface area contributed by atoms with E-state index in [1.54, 1.807) is 30.4 Å². The molecule has 1 aromatic heterocycles. The number of nitrogens with zero attached hydrogens (tertiary/aromatic N) is 2. The number of carbonyl (C=O) groups excluding carboxylic acids is 1. The third-order valence-electron chi connectivity index (χ3n) is 3.54. The summed E-state index contributed by atoms with van der Waals surface area (Å²) in [6.07, 6.45) is 0.933. The molecule has 21 heavy (non-hydrogen) atoms. The standard InChI is InChI=1S/C14H23N3O4/c1-20-10-4-15-14(19)17-7-5-16(6-8-17)11-12(18)13-3-2-9-21-13/h2-3,9,12,18H,4-8,10-11H2,1H3,(H,15,19). The van der Waals surface area contributed by atoms with E-state index in [-0.39, 0.29) is 6.03 Å². The summed E-state index contributed by atoms with van der Waals surface area (Å²) >= 11 is 0. The molecule has 2 amide bonds. The van der Waals surface area contributed by atoms with Crippen LogP contribution in [0.3, 0.4) is 0 Å². The third-order valence-corrected chi connectivity index (χ3v) is 3.54. The summed E-state index contributed by atoms with van der Waals surface area (Å²) < 4.78 is 10.1. The van der Waals surface area contributed by atoms with Gasteiger partial charge >= 0.3 is 6.03 Å². The number of nitrogens with one attached hydrogen (secondary N) is 1. The van der Waals surface area contributed by atoms with E-state index < -0.39 is 6.10 Å². The number of piperazine rings is 1. The average Bonchev–Trinajstić information content (AvgIpc) is 3.02. The minimum absolute atomic E-state index is 0.0571. The summed E-state index contributed by atoms with van der Waals surface area (Å²) in [6.45, 7) is 4.36. The highest BCUT2D eigenvalue weighted by atomic mass is 16.5. The molecule has 2 rings (SSSR count). The van der Waals surface area contributed by atoms with Crippen LogP contribution in [0.25, 0.3) is 0 Å². The molecule has 0 saturated carbocycles. The first-order chi connectivity index (χ1) is 10.2. The highest BCUT2D eigenvalue weighted by molar-refractivity contribution is 5.74. The predicted octanol–water partition coefficient (Wildman–Crippen LogP) is 0.287. The van der Waals surface area contributed by atoms with Gasteiger partial charge in [0.1, 0.15) is 11.9 Å². The van der Waals surface area contributed by atoms with Gasteiger partial charge in [-0.05, 0) is 12.1 Å². The molecular formula is C14H23N3O4. The van der Waals surface area contributed by atoms with E-state index in [4.69, 9.17) is 9.15 Å². The lowest BCUT2D eigenvalue weighted by atomic mass is 10.2. The number of aliphatic hydroxyl groups is 1. The largest absolute Gasteiger partial charge is 0.467 e. The second-order valence-electron chi connectivity index (χ2n) is 5.04. The van der Waals surface area contributed by atoms with Crippen LogP contribution in [0.5, 0.6) is 0 Å². The van der Waals surface area contributed by atoms with E-state index in [0.29, 0.717) is 38.5 Å². The second kappa shape index (κ2) is 8.02. The minimum atomic E-state index is -0.623. The van der Waals surface area contributed by atoms with Crippen LogP contribution < -0.4 is 5.32 Å². The van der Waals surface area contributed by atoms with Gasteiger partial charge in [-0.25, -0.2) is 4.79 Å². The molecular weight excluding hydrogens is 274 g/mol. The van der Waals surface area contributed by atoms with E-state index in [0.717, 1.165) is 13.1 Å². The topological polar surface area (TPSA) is 78.2 Å². The summed E-state index contributed by atoms with van der Waals surface area (Å²) in [5, 5.41) is 12.8. The van der Waals surface area contributed by atoms with Crippen molar-refractivity contribution in [3.05, 3.63) is 24.2 Å². The van der Waals surface area contributed by atoms with Crippen LogP contribution >= 0.6 is 0 Å². The van der Waals surface area contributed by atoms with Gasteiger partial charge in [0.25, 0.3) is 0 Å². The van der Waals surface area contributed by atoms with Crippen LogP contribution in [-0.2, 0) is 4.74 Å². The molecule has 0 aromatic carbocycles. The lowest BCUT2D eigenvalue weighted by Crippen LogP contribution is -2.52. The molecule has 1 aliphatic rings. The number of urea groups is 1. The monoisotopic (exact) mass is 297 g/mol. The maximum absolute atomic E-state index is 11.9. The zero-order valence-electron chi connectivity index (χ0n) is 12.3. The molecule has 0 bridgehead atoms. The van der Waals surface area contributed by atoms with Gasteiger partial charge in [0, 0.05) is 46.4 Å². The number of furan rings is 1. The predicted molar refractivity (Wildman–Crippen MR) is 77.0 cm³/mol. The van der Waals surface area contributed by atoms with Crippen LogP contribution in [0, 0.1) is 0 Å². The van der Waals surface area contributed by atoms with Crippen molar-refractivity contribution in [3.8, 4) is 0 Å². The fourth-order valence-electron chi connectivity index (χ4n) is 2.32. The fraction of sp³-hybridized carbons (Fsp3) is 0.643. The molecule has 0 spiro atoms. The first-order valence-electron chi connectivity index (χ1n) is 7.16. The van der Waals surface area contributed by atoms with E-state index in [2.05, 4.69) is 10.2 Å². The van der Waals surface area contributed by atoms with Gasteiger partial charge in [-0.1, -0.05) is 0 Å². The number of aliphatic hydroxyl groups excluding tert-OH is 1. The summed E-state index contributed by atoms with van der Waals surface area (Å²) in [5.41, 5.74) is 0. The van der Waals surface area contributed by atoms with Gasteiger partial charge in [-0.3, -0.25) is 4.90 Å². The molecule has 1 atom stereocenters. The first kappa shape index (κ1) is 15.8. The number of carbonyl (C=O) groups is 1. The molecule has 7 heteroatoms. The number of hydrogen-bond acceptors (Lipinski definition) is 5. The number of rotatable bonds is 6. The van der Waals surface area contributed by atoms with Gasteiger partial charge in [0.2, 0.25) is 0 Å². The molecule has 0 radical (unpaired) electrons.